The van der Waals surface area contributed by atoms with Gasteiger partial charge < -0.3 is 15.0 Å². The highest BCUT2D eigenvalue weighted by molar-refractivity contribution is 5.87. The zero-order chi connectivity index (χ0) is 23.9. The molecular formula is C27H38N2O3. The molecule has 1 N–H and O–H groups in total. The number of hydrogen-bond acceptors (Lipinski definition) is 3. The summed E-state index contributed by atoms with van der Waals surface area (Å²) in [6.07, 6.45) is 0.981. The van der Waals surface area contributed by atoms with E-state index in [1.165, 1.54) is 5.56 Å². The average Bonchev–Trinajstić information content (AvgIpc) is 2.74. The summed E-state index contributed by atoms with van der Waals surface area (Å²) in [6, 6.07) is 15.5. The Morgan fingerprint density at radius 1 is 1.00 bits per heavy atom. The number of aryl methyl sites for hydroxylation is 1. The third-order valence-electron chi connectivity index (χ3n) is 5.53. The van der Waals surface area contributed by atoms with Gasteiger partial charge in [-0.05, 0) is 61.4 Å². The summed E-state index contributed by atoms with van der Waals surface area (Å²) < 4.78 is 5.31. The van der Waals surface area contributed by atoms with Crippen LogP contribution in [0.15, 0.2) is 48.5 Å². The molecule has 0 saturated heterocycles. The summed E-state index contributed by atoms with van der Waals surface area (Å²) >= 11 is 0. The second-order valence-corrected chi connectivity index (χ2v) is 9.66. The number of benzene rings is 2. The summed E-state index contributed by atoms with van der Waals surface area (Å²) in [4.78, 5) is 27.6. The number of carbonyl (C=O) groups is 2. The Bertz CT molecular complexity index is 898. The second-order valence-electron chi connectivity index (χ2n) is 9.66. The van der Waals surface area contributed by atoms with Gasteiger partial charge in [0.1, 0.15) is 11.8 Å². The minimum Gasteiger partial charge on any atom is -0.497 e. The molecule has 174 valence electrons. The van der Waals surface area contributed by atoms with Gasteiger partial charge >= 0.3 is 0 Å². The van der Waals surface area contributed by atoms with Gasteiger partial charge in [0.05, 0.1) is 7.11 Å². The van der Waals surface area contributed by atoms with Gasteiger partial charge in [-0.3, -0.25) is 9.59 Å². The minimum absolute atomic E-state index is 0.0139. The van der Waals surface area contributed by atoms with Crippen LogP contribution in [0.25, 0.3) is 0 Å². The number of hydrogen-bond donors (Lipinski definition) is 1. The first-order valence-electron chi connectivity index (χ1n) is 11.3. The van der Waals surface area contributed by atoms with E-state index in [0.717, 1.165) is 16.9 Å². The maximum atomic E-state index is 13.2. The molecule has 1 unspecified atom stereocenters. The predicted molar refractivity (Wildman–Crippen MR) is 130 cm³/mol. The van der Waals surface area contributed by atoms with E-state index in [-0.39, 0.29) is 23.3 Å². The number of rotatable bonds is 9. The van der Waals surface area contributed by atoms with E-state index in [9.17, 15) is 9.59 Å². The Balaban J connectivity index is 2.16. The van der Waals surface area contributed by atoms with Crippen molar-refractivity contribution in [1.82, 2.24) is 10.2 Å². The average molecular weight is 439 g/mol. The molecule has 5 nitrogen and oxygen atoms in total. The molecular weight excluding hydrogens is 400 g/mol. The molecule has 32 heavy (non-hydrogen) atoms. The van der Waals surface area contributed by atoms with Crippen LogP contribution in [0.3, 0.4) is 0 Å². The van der Waals surface area contributed by atoms with Crippen LogP contribution in [0.2, 0.25) is 0 Å². The molecule has 0 aliphatic rings. The van der Waals surface area contributed by atoms with Gasteiger partial charge in [0.25, 0.3) is 0 Å². The molecule has 0 fully saturated rings. The number of methoxy groups -OCH3 is 1. The Morgan fingerprint density at radius 2 is 1.66 bits per heavy atom. The van der Waals surface area contributed by atoms with Crippen LogP contribution in [0.4, 0.5) is 0 Å². The van der Waals surface area contributed by atoms with Crippen LogP contribution >= 0.6 is 0 Å². The third-order valence-corrected chi connectivity index (χ3v) is 5.53. The van der Waals surface area contributed by atoms with Crippen LogP contribution < -0.4 is 10.1 Å². The summed E-state index contributed by atoms with van der Waals surface area (Å²) in [5.74, 6) is 0.540. The molecule has 0 aliphatic heterocycles. The highest BCUT2D eigenvalue weighted by Crippen LogP contribution is 2.23. The topological polar surface area (TPSA) is 58.6 Å². The van der Waals surface area contributed by atoms with Crippen LogP contribution in [-0.2, 0) is 28.0 Å². The maximum absolute atomic E-state index is 13.2. The van der Waals surface area contributed by atoms with Crippen LogP contribution in [0.5, 0.6) is 5.75 Å². The van der Waals surface area contributed by atoms with Crippen molar-refractivity contribution in [3.63, 3.8) is 0 Å². The van der Waals surface area contributed by atoms with Crippen molar-refractivity contribution < 1.29 is 14.3 Å². The molecule has 2 amide bonds. The van der Waals surface area contributed by atoms with Crippen molar-refractivity contribution in [2.75, 3.05) is 7.11 Å². The molecule has 2 aromatic rings. The summed E-state index contributed by atoms with van der Waals surface area (Å²) in [6.45, 7) is 12.5. The predicted octanol–water partition coefficient (Wildman–Crippen LogP) is 4.87. The normalized spacial score (nSPS) is 12.4. The standard InChI is InChI=1S/C27H38N2O3/c1-19(2)28-26(31)20(3)29(18-22-9-8-10-24(17-22)32-7)25(30)16-13-21-11-14-23(15-12-21)27(4,5)6/h8-12,14-15,17,19-20H,13,16,18H2,1-7H3,(H,28,31). The van der Waals surface area contributed by atoms with E-state index in [1.807, 2.05) is 38.1 Å². The van der Waals surface area contributed by atoms with E-state index < -0.39 is 6.04 Å². The van der Waals surface area contributed by atoms with E-state index >= 15 is 0 Å². The molecule has 2 rings (SSSR count). The molecule has 0 aliphatic carbocycles. The lowest BCUT2D eigenvalue weighted by Gasteiger charge is -2.29. The fourth-order valence-electron chi connectivity index (χ4n) is 3.52. The van der Waals surface area contributed by atoms with Crippen LogP contribution in [0.1, 0.15) is 64.7 Å². The molecule has 0 saturated carbocycles. The van der Waals surface area contributed by atoms with Crippen LogP contribution in [0, 0.1) is 0 Å². The van der Waals surface area contributed by atoms with Gasteiger partial charge in [-0.25, -0.2) is 0 Å². The highest BCUT2D eigenvalue weighted by atomic mass is 16.5. The summed E-state index contributed by atoms with van der Waals surface area (Å²) in [7, 11) is 1.62. The third kappa shape index (κ3) is 7.40. The Hall–Kier alpha value is -2.82. The lowest BCUT2D eigenvalue weighted by Crippen LogP contribution is -2.49. The number of nitrogens with one attached hydrogen (secondary N) is 1. The first-order valence-corrected chi connectivity index (χ1v) is 11.3. The number of nitrogens with zero attached hydrogens (tertiary/aromatic N) is 1. The molecule has 0 heterocycles. The SMILES string of the molecule is COc1cccc(CN(C(=O)CCc2ccc(C(C)(C)C)cc2)C(C)C(=O)NC(C)C)c1. The molecule has 1 atom stereocenters. The van der Waals surface area contributed by atoms with Crippen molar-refractivity contribution in [1.29, 1.82) is 0 Å². The molecule has 0 radical (unpaired) electrons. The monoisotopic (exact) mass is 438 g/mol. The van der Waals surface area contributed by atoms with E-state index in [0.29, 0.717) is 19.4 Å². The first kappa shape index (κ1) is 25.4. The van der Waals surface area contributed by atoms with Crippen molar-refractivity contribution in [3.05, 3.63) is 65.2 Å². The fraction of sp³-hybridized carbons (Fsp3) is 0.481. The van der Waals surface area contributed by atoms with Gasteiger partial charge in [0, 0.05) is 19.0 Å². The second kappa shape index (κ2) is 11.2. The molecule has 2 aromatic carbocycles. The zero-order valence-electron chi connectivity index (χ0n) is 20.6. The smallest absolute Gasteiger partial charge is 0.242 e. The number of amides is 2. The Morgan fingerprint density at radius 3 is 2.22 bits per heavy atom. The quantitative estimate of drug-likeness (QED) is 0.608. The van der Waals surface area contributed by atoms with E-state index in [2.05, 4.69) is 50.4 Å². The fourth-order valence-corrected chi connectivity index (χ4v) is 3.52. The lowest BCUT2D eigenvalue weighted by atomic mass is 9.86. The number of carbonyl (C=O) groups excluding carboxylic acids is 2. The van der Waals surface area contributed by atoms with Gasteiger partial charge in [0.15, 0.2) is 0 Å². The molecule has 0 aromatic heterocycles. The lowest BCUT2D eigenvalue weighted by molar-refractivity contribution is -0.140. The largest absolute Gasteiger partial charge is 0.497 e. The van der Waals surface area contributed by atoms with Crippen molar-refractivity contribution in [3.8, 4) is 5.75 Å². The van der Waals surface area contributed by atoms with Crippen molar-refractivity contribution in [2.24, 2.45) is 0 Å². The van der Waals surface area contributed by atoms with E-state index in [1.54, 1.807) is 18.9 Å². The summed E-state index contributed by atoms with van der Waals surface area (Å²) in [5, 5.41) is 2.92. The summed E-state index contributed by atoms with van der Waals surface area (Å²) in [5.41, 5.74) is 3.41. The van der Waals surface area contributed by atoms with E-state index in [4.69, 9.17) is 4.74 Å². The van der Waals surface area contributed by atoms with Crippen molar-refractivity contribution in [2.45, 2.75) is 78.4 Å². The first-order chi connectivity index (χ1) is 15.0. The number of ether oxygens (including phenoxy) is 1. The zero-order valence-corrected chi connectivity index (χ0v) is 20.6. The maximum Gasteiger partial charge on any atom is 0.242 e. The van der Waals surface area contributed by atoms with Gasteiger partial charge in [-0.15, -0.1) is 0 Å². The Kier molecular flexibility index (Phi) is 8.88. The molecule has 0 bridgehead atoms. The van der Waals surface area contributed by atoms with Gasteiger partial charge in [0.2, 0.25) is 11.8 Å². The van der Waals surface area contributed by atoms with Crippen LogP contribution in [-0.4, -0.2) is 35.9 Å². The molecule has 0 spiro atoms. The molecule has 5 heteroatoms. The highest BCUT2D eigenvalue weighted by Gasteiger charge is 2.26. The van der Waals surface area contributed by atoms with Gasteiger partial charge in [-0.2, -0.15) is 0 Å². The minimum atomic E-state index is -0.570. The Labute approximate surface area is 193 Å². The van der Waals surface area contributed by atoms with Gasteiger partial charge in [-0.1, -0.05) is 57.2 Å². The van der Waals surface area contributed by atoms with Crippen molar-refractivity contribution >= 4 is 11.8 Å².